The van der Waals surface area contributed by atoms with Crippen LogP contribution in [0.4, 0.5) is 0 Å². The Morgan fingerprint density at radius 2 is 1.76 bits per heavy atom. The fraction of sp³-hybridized carbons (Fsp3) is 0.714. The molecule has 0 aliphatic heterocycles. The second kappa shape index (κ2) is 7.36. The van der Waals surface area contributed by atoms with Gasteiger partial charge in [-0.1, -0.05) is 0 Å². The molecule has 0 radical (unpaired) electrons. The van der Waals surface area contributed by atoms with Gasteiger partial charge in [0.15, 0.2) is 0 Å². The topological polar surface area (TPSA) is 156 Å². The number of hydrogen-bond donors (Lipinski definition) is 6. The van der Waals surface area contributed by atoms with Crippen LogP contribution in [0.25, 0.3) is 0 Å². The van der Waals surface area contributed by atoms with Gasteiger partial charge in [-0.15, -0.1) is 0 Å². The lowest BCUT2D eigenvalue weighted by atomic mass is 10.2. The van der Waals surface area contributed by atoms with Crippen LogP contribution in [-0.2, 0) is 14.2 Å². The largest absolute Gasteiger partial charge is 0.481 e. The van der Waals surface area contributed by atoms with Gasteiger partial charge in [0.1, 0.15) is 6.04 Å². The van der Waals surface area contributed by atoms with Crippen LogP contribution in [0, 0.1) is 0 Å². The van der Waals surface area contributed by atoms with Crippen molar-refractivity contribution in [1.29, 1.82) is 0 Å². The van der Waals surface area contributed by atoms with E-state index in [1.165, 1.54) is 0 Å². The first-order chi connectivity index (χ1) is 7.72. The van der Waals surface area contributed by atoms with Crippen LogP contribution < -0.4 is 10.6 Å². The minimum absolute atomic E-state index is 0.0875. The summed E-state index contributed by atoms with van der Waals surface area (Å²) in [7, 11) is -4.12. The molecular formula is C7H15N2O7P. The third kappa shape index (κ3) is 9.91. The predicted molar refractivity (Wildman–Crippen MR) is 56.6 cm³/mol. The minimum atomic E-state index is -4.12. The first-order valence-electron chi connectivity index (χ1n) is 4.65. The van der Waals surface area contributed by atoms with Crippen LogP contribution in [0.2, 0.25) is 0 Å². The molecule has 0 aromatic rings. The number of carbonyl (C=O) groups is 2. The molecule has 100 valence electrons. The molecule has 0 rings (SSSR count). The van der Waals surface area contributed by atoms with Crippen molar-refractivity contribution in [3.05, 3.63) is 0 Å². The second-order valence-electron chi connectivity index (χ2n) is 3.27. The van der Waals surface area contributed by atoms with Crippen molar-refractivity contribution in [3.8, 4) is 0 Å². The van der Waals surface area contributed by atoms with Gasteiger partial charge in [-0.05, 0) is 0 Å². The van der Waals surface area contributed by atoms with E-state index in [0.29, 0.717) is 0 Å². The van der Waals surface area contributed by atoms with Gasteiger partial charge in [0.05, 0.1) is 12.7 Å². The fourth-order valence-electron chi connectivity index (χ4n) is 0.981. The van der Waals surface area contributed by atoms with E-state index >= 15 is 0 Å². The normalized spacial score (nSPS) is 13.3. The molecule has 9 nitrogen and oxygen atoms in total. The van der Waals surface area contributed by atoms with E-state index < -0.39 is 38.3 Å². The first-order valence-corrected chi connectivity index (χ1v) is 6.45. The molecule has 0 saturated carbocycles. The molecule has 0 aliphatic carbocycles. The van der Waals surface area contributed by atoms with E-state index in [-0.39, 0.29) is 13.1 Å². The van der Waals surface area contributed by atoms with Crippen molar-refractivity contribution in [2.75, 3.05) is 19.4 Å². The molecule has 0 aliphatic rings. The SMILES string of the molecule is O=C(O)CC(NCCNCP(=O)(O)O)C(=O)O. The predicted octanol–water partition coefficient (Wildman–Crippen LogP) is -1.77. The van der Waals surface area contributed by atoms with E-state index in [4.69, 9.17) is 20.0 Å². The molecule has 0 amide bonds. The van der Waals surface area contributed by atoms with Crippen LogP contribution in [-0.4, -0.2) is 57.4 Å². The lowest BCUT2D eigenvalue weighted by Gasteiger charge is -2.12. The van der Waals surface area contributed by atoms with E-state index in [1.807, 2.05) is 0 Å². The summed E-state index contributed by atoms with van der Waals surface area (Å²) >= 11 is 0. The van der Waals surface area contributed by atoms with Crippen molar-refractivity contribution < 1.29 is 34.2 Å². The Morgan fingerprint density at radius 1 is 1.18 bits per heavy atom. The molecule has 0 aromatic carbocycles. The monoisotopic (exact) mass is 270 g/mol. The molecule has 0 bridgehead atoms. The summed E-state index contributed by atoms with van der Waals surface area (Å²) in [5.74, 6) is -2.53. The summed E-state index contributed by atoms with van der Waals surface area (Å²) in [4.78, 5) is 37.9. The highest BCUT2D eigenvalue weighted by Crippen LogP contribution is 2.31. The molecule has 0 aromatic heterocycles. The summed E-state index contributed by atoms with van der Waals surface area (Å²) in [5, 5.41) is 21.9. The third-order valence-corrected chi connectivity index (χ3v) is 2.32. The number of rotatable bonds is 9. The number of nitrogens with one attached hydrogen (secondary N) is 2. The molecule has 0 heterocycles. The Labute approximate surface area is 97.0 Å². The molecule has 10 heteroatoms. The quantitative estimate of drug-likeness (QED) is 0.211. The Hall–Kier alpha value is -0.990. The molecule has 17 heavy (non-hydrogen) atoms. The van der Waals surface area contributed by atoms with Gasteiger partial charge in [0.2, 0.25) is 0 Å². The van der Waals surface area contributed by atoms with E-state index in [2.05, 4.69) is 10.6 Å². The van der Waals surface area contributed by atoms with Crippen LogP contribution in [0.3, 0.4) is 0 Å². The van der Waals surface area contributed by atoms with Gasteiger partial charge in [0.25, 0.3) is 0 Å². The van der Waals surface area contributed by atoms with E-state index in [9.17, 15) is 14.2 Å². The van der Waals surface area contributed by atoms with Crippen molar-refractivity contribution in [1.82, 2.24) is 10.6 Å². The zero-order valence-corrected chi connectivity index (χ0v) is 9.76. The zero-order chi connectivity index (χ0) is 13.5. The summed E-state index contributed by atoms with van der Waals surface area (Å²) in [5.41, 5.74) is 0. The highest BCUT2D eigenvalue weighted by molar-refractivity contribution is 7.51. The van der Waals surface area contributed by atoms with Crippen LogP contribution in [0.1, 0.15) is 6.42 Å². The number of carboxylic acids is 2. The Kier molecular flexibility index (Phi) is 6.93. The second-order valence-corrected chi connectivity index (χ2v) is 4.91. The average molecular weight is 270 g/mol. The molecule has 1 unspecified atom stereocenters. The number of aliphatic carboxylic acids is 2. The van der Waals surface area contributed by atoms with Crippen molar-refractivity contribution in [2.24, 2.45) is 0 Å². The van der Waals surface area contributed by atoms with Gasteiger partial charge in [-0.3, -0.25) is 14.2 Å². The highest BCUT2D eigenvalue weighted by Gasteiger charge is 2.19. The zero-order valence-electron chi connectivity index (χ0n) is 8.87. The molecule has 0 saturated heterocycles. The average Bonchev–Trinajstić information content (AvgIpc) is 2.12. The van der Waals surface area contributed by atoms with Crippen molar-refractivity contribution >= 4 is 19.5 Å². The smallest absolute Gasteiger partial charge is 0.339 e. The molecule has 0 fully saturated rings. The third-order valence-electron chi connectivity index (χ3n) is 1.69. The molecule has 1 atom stereocenters. The van der Waals surface area contributed by atoms with Gasteiger partial charge in [-0.25, -0.2) is 0 Å². The Bertz CT molecular complexity index is 315. The van der Waals surface area contributed by atoms with Crippen molar-refractivity contribution in [3.63, 3.8) is 0 Å². The van der Waals surface area contributed by atoms with E-state index in [1.54, 1.807) is 0 Å². The highest BCUT2D eigenvalue weighted by atomic mass is 31.2. The van der Waals surface area contributed by atoms with E-state index in [0.717, 1.165) is 0 Å². The maximum atomic E-state index is 10.6. The number of carboxylic acid groups (broad SMARTS) is 2. The standard InChI is InChI=1S/C7H15N2O7P/c10-6(11)3-5(7(12)13)9-2-1-8-4-17(14,15)16/h5,8-9H,1-4H2,(H,10,11)(H,12,13)(H2,14,15,16). The molecular weight excluding hydrogens is 255 g/mol. The lowest BCUT2D eigenvalue weighted by molar-refractivity contribution is -0.145. The van der Waals surface area contributed by atoms with Crippen LogP contribution in [0.15, 0.2) is 0 Å². The van der Waals surface area contributed by atoms with Gasteiger partial charge < -0.3 is 30.6 Å². The van der Waals surface area contributed by atoms with Gasteiger partial charge in [-0.2, -0.15) is 0 Å². The molecule has 0 spiro atoms. The summed E-state index contributed by atoms with van der Waals surface area (Å²) in [6.07, 6.45) is -1.07. The van der Waals surface area contributed by atoms with Gasteiger partial charge in [0, 0.05) is 13.1 Å². The first kappa shape index (κ1) is 16.0. The van der Waals surface area contributed by atoms with Crippen LogP contribution >= 0.6 is 7.60 Å². The summed E-state index contributed by atoms with van der Waals surface area (Å²) < 4.78 is 10.4. The maximum absolute atomic E-state index is 10.6. The summed E-state index contributed by atoms with van der Waals surface area (Å²) in [6, 6.07) is -1.22. The van der Waals surface area contributed by atoms with Crippen molar-refractivity contribution in [2.45, 2.75) is 12.5 Å². The minimum Gasteiger partial charge on any atom is -0.481 e. The van der Waals surface area contributed by atoms with Gasteiger partial charge >= 0.3 is 19.5 Å². The maximum Gasteiger partial charge on any atom is 0.339 e. The Morgan fingerprint density at radius 3 is 2.18 bits per heavy atom. The molecule has 6 N–H and O–H groups in total. The summed E-state index contributed by atoms with van der Waals surface area (Å²) in [6.45, 7) is 0.207. The van der Waals surface area contributed by atoms with Crippen LogP contribution in [0.5, 0.6) is 0 Å². The number of hydrogen-bond acceptors (Lipinski definition) is 5. The lowest BCUT2D eigenvalue weighted by Crippen LogP contribution is -2.41. The fourth-order valence-corrected chi connectivity index (χ4v) is 1.43. The Balaban J connectivity index is 3.80.